The molecule has 0 aromatic heterocycles. The molecule has 0 heterocycles. The van der Waals surface area contributed by atoms with Crippen molar-refractivity contribution in [1.29, 1.82) is 0 Å². The number of rotatable bonds is 25. The maximum Gasteiger partial charge on any atom is 0.466 e. The van der Waals surface area contributed by atoms with Crippen molar-refractivity contribution in [2.24, 2.45) is 0 Å². The molecule has 0 aromatic carbocycles. The van der Waals surface area contributed by atoms with E-state index < -0.39 is 83.7 Å². The van der Waals surface area contributed by atoms with Gasteiger partial charge in [-0.1, -0.05) is 73.2 Å². The standard InChI is InChI=1S/C32H78O6Si10/c1-23-41(9,10)33-47(21,34-42(11,12)24-2)37-45(17,18)29-27-28-39(5,6)32-40(7,8)30-31-46(19,20)38-48(22,35-43(13,14)25-3)36-44(15,16)26-4/h23-26H,1-4,27-32H2,5-22H3. The molecular weight excluding hydrogens is 761 g/mol. The summed E-state index contributed by atoms with van der Waals surface area (Å²) in [5.41, 5.74) is 9.36. The van der Waals surface area contributed by atoms with Gasteiger partial charge in [0.05, 0.1) is 0 Å². The molecule has 16 heteroatoms. The zero-order chi connectivity index (χ0) is 38.3. The van der Waals surface area contributed by atoms with Crippen LogP contribution < -0.4 is 0 Å². The van der Waals surface area contributed by atoms with E-state index in [1.54, 1.807) is 0 Å². The summed E-state index contributed by atoms with van der Waals surface area (Å²) in [4.78, 5) is 0. The first-order valence-corrected chi connectivity index (χ1v) is 47.3. The van der Waals surface area contributed by atoms with Gasteiger partial charge < -0.3 is 24.7 Å². The van der Waals surface area contributed by atoms with E-state index in [-0.39, 0.29) is 0 Å². The third-order valence-corrected chi connectivity index (χ3v) is 48.8. The highest BCUT2D eigenvalue weighted by molar-refractivity contribution is 6.97. The molecule has 0 radical (unpaired) electrons. The Labute approximate surface area is 309 Å². The minimum Gasteiger partial charge on any atom is -0.417 e. The third kappa shape index (κ3) is 20.2. The van der Waals surface area contributed by atoms with Crippen LogP contribution in [0.15, 0.2) is 49.1 Å². The van der Waals surface area contributed by atoms with Crippen LogP contribution >= 0.6 is 0 Å². The van der Waals surface area contributed by atoms with Crippen molar-refractivity contribution in [1.82, 2.24) is 0 Å². The molecule has 0 unspecified atom stereocenters. The highest BCUT2D eigenvalue weighted by Crippen LogP contribution is 2.35. The van der Waals surface area contributed by atoms with Gasteiger partial charge in [-0.2, -0.15) is 0 Å². The third-order valence-electron chi connectivity index (χ3n) is 8.68. The Balaban J connectivity index is 5.56. The first-order valence-electron chi connectivity index (χ1n) is 17.9. The van der Waals surface area contributed by atoms with E-state index in [9.17, 15) is 0 Å². The summed E-state index contributed by atoms with van der Waals surface area (Å²) in [5.74, 6) is 0. The van der Waals surface area contributed by atoms with Gasteiger partial charge >= 0.3 is 17.6 Å². The molecule has 0 fully saturated rings. The first kappa shape index (κ1) is 48.9. The topological polar surface area (TPSA) is 55.4 Å². The molecule has 0 amide bonds. The highest BCUT2D eigenvalue weighted by atomic mass is 28.5. The normalized spacial score (nSPS) is 15.0. The van der Waals surface area contributed by atoms with Crippen LogP contribution in [0.1, 0.15) is 6.42 Å². The molecule has 0 spiro atoms. The van der Waals surface area contributed by atoms with Gasteiger partial charge in [0.15, 0.2) is 16.6 Å². The van der Waals surface area contributed by atoms with Crippen LogP contribution in [0, 0.1) is 0 Å². The van der Waals surface area contributed by atoms with Crippen molar-refractivity contribution in [2.45, 2.75) is 154 Å². The largest absolute Gasteiger partial charge is 0.466 e. The Morgan fingerprint density at radius 2 is 0.625 bits per heavy atom. The summed E-state index contributed by atoms with van der Waals surface area (Å²) < 4.78 is 41.0. The van der Waals surface area contributed by atoms with E-state index in [1.165, 1.54) is 24.2 Å². The van der Waals surface area contributed by atoms with Gasteiger partial charge in [-0.15, -0.1) is 26.3 Å². The zero-order valence-corrected chi connectivity index (χ0v) is 44.8. The molecule has 0 atom stereocenters. The quantitative estimate of drug-likeness (QED) is 0.0854. The molecule has 0 aromatic rings. The molecule has 0 aliphatic heterocycles. The van der Waals surface area contributed by atoms with E-state index >= 15 is 0 Å². The summed E-state index contributed by atoms with van der Waals surface area (Å²) >= 11 is 0. The molecule has 48 heavy (non-hydrogen) atoms. The lowest BCUT2D eigenvalue weighted by atomic mass is 10.6. The van der Waals surface area contributed by atoms with Crippen LogP contribution in [0.25, 0.3) is 0 Å². The maximum atomic E-state index is 7.05. The summed E-state index contributed by atoms with van der Waals surface area (Å²) in [6, 6.07) is 4.88. The molecule has 6 nitrogen and oxygen atoms in total. The van der Waals surface area contributed by atoms with Crippen molar-refractivity contribution in [3.8, 4) is 0 Å². The van der Waals surface area contributed by atoms with E-state index in [4.69, 9.17) is 24.7 Å². The van der Waals surface area contributed by atoms with Gasteiger partial charge in [-0.05, 0) is 90.7 Å². The van der Waals surface area contributed by atoms with Gasteiger partial charge in [0.25, 0.3) is 0 Å². The molecule has 0 saturated heterocycles. The fraction of sp³-hybridized carbons (Fsp3) is 0.750. The van der Waals surface area contributed by atoms with Crippen LogP contribution in [0.2, 0.25) is 148 Å². The molecular formula is C32H78O6Si10. The number of hydrogen-bond donors (Lipinski definition) is 0. The van der Waals surface area contributed by atoms with E-state index in [0.29, 0.717) is 0 Å². The second-order valence-corrected chi connectivity index (χ2v) is 60.9. The van der Waals surface area contributed by atoms with E-state index in [1.807, 2.05) is 22.8 Å². The van der Waals surface area contributed by atoms with Crippen molar-refractivity contribution in [3.63, 3.8) is 0 Å². The fourth-order valence-corrected chi connectivity index (χ4v) is 54.5. The van der Waals surface area contributed by atoms with Crippen LogP contribution in [0.5, 0.6) is 0 Å². The molecule has 0 aliphatic carbocycles. The number of hydrogen-bond acceptors (Lipinski definition) is 6. The van der Waals surface area contributed by atoms with Crippen LogP contribution in [-0.2, 0) is 24.7 Å². The van der Waals surface area contributed by atoms with Crippen molar-refractivity contribution in [3.05, 3.63) is 49.1 Å². The Bertz CT molecular complexity index is 1050. The Kier molecular flexibility index (Phi) is 18.1. The monoisotopic (exact) mass is 838 g/mol. The van der Waals surface area contributed by atoms with Gasteiger partial charge in [-0.3, -0.25) is 0 Å². The maximum absolute atomic E-state index is 7.05. The predicted molar refractivity (Wildman–Crippen MR) is 239 cm³/mol. The second kappa shape index (κ2) is 17.8. The average molecular weight is 840 g/mol. The Hall–Kier alpha value is 0.889. The summed E-state index contributed by atoms with van der Waals surface area (Å²) in [7, 11) is -21.1. The van der Waals surface area contributed by atoms with Crippen LogP contribution in [-0.4, -0.2) is 83.7 Å². The average Bonchev–Trinajstić information content (AvgIpc) is 2.84. The second-order valence-electron chi connectivity index (χ2n) is 18.9. The zero-order valence-electron chi connectivity index (χ0n) is 34.8. The lowest BCUT2D eigenvalue weighted by molar-refractivity contribution is 0.261. The molecule has 0 rings (SSSR count). The Morgan fingerprint density at radius 3 is 0.917 bits per heavy atom. The smallest absolute Gasteiger partial charge is 0.417 e. The highest BCUT2D eigenvalue weighted by Gasteiger charge is 2.49. The lowest BCUT2D eigenvalue weighted by Gasteiger charge is -2.43. The van der Waals surface area contributed by atoms with Crippen LogP contribution in [0.3, 0.4) is 0 Å². The van der Waals surface area contributed by atoms with Crippen molar-refractivity contribution in [2.75, 3.05) is 0 Å². The van der Waals surface area contributed by atoms with Gasteiger partial charge in [-0.25, -0.2) is 0 Å². The minimum atomic E-state index is -2.89. The fourth-order valence-electron chi connectivity index (χ4n) is 6.41. The summed E-state index contributed by atoms with van der Waals surface area (Å²) in [5, 5.41) is 0. The first-order chi connectivity index (χ1) is 21.1. The molecule has 282 valence electrons. The van der Waals surface area contributed by atoms with E-state index in [0.717, 1.165) is 12.1 Å². The SMILES string of the molecule is C=C[Si](C)(C)O[Si](C)(O[Si](C)(C)C=C)O[Si](C)(C)CCC[Si](C)(C)C[Si](C)(C)CC[Si](C)(C)O[Si](C)(O[Si](C)(C)C=C)O[Si](C)(C)C=C. The Morgan fingerprint density at radius 1 is 0.354 bits per heavy atom. The van der Waals surface area contributed by atoms with Crippen molar-refractivity contribution >= 4 is 83.7 Å². The van der Waals surface area contributed by atoms with E-state index in [2.05, 4.69) is 144 Å². The summed E-state index contributed by atoms with van der Waals surface area (Å²) in [6.07, 6.45) is 1.21. The molecule has 0 N–H and O–H groups in total. The van der Waals surface area contributed by atoms with Gasteiger partial charge in [0.1, 0.15) is 0 Å². The van der Waals surface area contributed by atoms with Crippen LogP contribution in [0.4, 0.5) is 0 Å². The van der Waals surface area contributed by atoms with Gasteiger partial charge in [0, 0.05) is 29.2 Å². The van der Waals surface area contributed by atoms with Gasteiger partial charge in [0.2, 0.25) is 33.3 Å². The minimum absolute atomic E-state index is 1.12. The molecule has 0 aliphatic rings. The predicted octanol–water partition coefficient (Wildman–Crippen LogP) is 11.7. The molecule has 0 saturated carbocycles. The lowest BCUT2D eigenvalue weighted by Crippen LogP contribution is -2.59. The summed E-state index contributed by atoms with van der Waals surface area (Å²) in [6.45, 7) is 57.6. The molecule has 0 bridgehead atoms. The van der Waals surface area contributed by atoms with Crippen molar-refractivity contribution < 1.29 is 24.7 Å².